The number of benzene rings is 8. The van der Waals surface area contributed by atoms with Gasteiger partial charge in [0.05, 0.1) is 22.4 Å². The lowest BCUT2D eigenvalue weighted by Gasteiger charge is -2.16. The molecular weight excluding hydrogens is 690 g/mol. The maximum absolute atomic E-state index is 15.6. The number of hydrogen-bond acceptors (Lipinski definition) is 3. The van der Waals surface area contributed by atoms with E-state index in [2.05, 4.69) is 126 Å². The van der Waals surface area contributed by atoms with Crippen molar-refractivity contribution >= 4 is 55.6 Å². The molecule has 8 aromatic carbocycles. The third-order valence-corrected chi connectivity index (χ3v) is 14.2. The van der Waals surface area contributed by atoms with Gasteiger partial charge < -0.3 is 4.57 Å². The lowest BCUT2D eigenvalue weighted by atomic mass is 10.0. The van der Waals surface area contributed by atoms with Gasteiger partial charge in [-0.2, -0.15) is 0 Å². The summed E-state index contributed by atoms with van der Waals surface area (Å²) in [5.41, 5.74) is 9.99. The van der Waals surface area contributed by atoms with E-state index < -0.39 is 7.14 Å². The Morgan fingerprint density at radius 2 is 1.00 bits per heavy atom. The molecule has 5 heteroatoms. The Kier molecular flexibility index (Phi) is 7.10. The van der Waals surface area contributed by atoms with Crippen molar-refractivity contribution in [3.8, 4) is 50.7 Å². The van der Waals surface area contributed by atoms with E-state index >= 15 is 4.57 Å². The zero-order valence-electron chi connectivity index (χ0n) is 29.7. The first-order valence-electron chi connectivity index (χ1n) is 18.5. The van der Waals surface area contributed by atoms with Crippen LogP contribution in [0.1, 0.15) is 0 Å². The van der Waals surface area contributed by atoms with E-state index in [-0.39, 0.29) is 0 Å². The van der Waals surface area contributed by atoms with E-state index in [1.54, 1.807) is 0 Å². The van der Waals surface area contributed by atoms with E-state index in [1.807, 2.05) is 72.8 Å². The third kappa shape index (κ3) is 4.89. The Labute approximate surface area is 318 Å². The van der Waals surface area contributed by atoms with Crippen LogP contribution in [-0.4, -0.2) is 14.5 Å². The molecule has 0 saturated heterocycles. The Hall–Kier alpha value is -6.87. The van der Waals surface area contributed by atoms with Gasteiger partial charge in [-0.3, -0.25) is 4.57 Å². The van der Waals surface area contributed by atoms with Crippen molar-refractivity contribution < 1.29 is 4.57 Å². The summed E-state index contributed by atoms with van der Waals surface area (Å²) in [6, 6.07) is 66.9. The summed E-state index contributed by atoms with van der Waals surface area (Å²) in [6.45, 7) is 0. The van der Waals surface area contributed by atoms with E-state index in [4.69, 9.17) is 9.97 Å². The van der Waals surface area contributed by atoms with Crippen LogP contribution in [0.15, 0.2) is 194 Å². The summed E-state index contributed by atoms with van der Waals surface area (Å²) in [7, 11) is -3.16. The normalized spacial score (nSPS) is 14.7. The second-order valence-electron chi connectivity index (χ2n) is 14.1. The number of rotatable bonds is 5. The molecule has 258 valence electrons. The Morgan fingerprint density at radius 3 is 1.75 bits per heavy atom. The minimum Gasteiger partial charge on any atom is -0.309 e. The van der Waals surface area contributed by atoms with Gasteiger partial charge in [-0.25, -0.2) is 9.97 Å². The van der Waals surface area contributed by atoms with Crippen LogP contribution in [0.25, 0.3) is 83.3 Å². The second kappa shape index (κ2) is 12.3. The van der Waals surface area contributed by atoms with Gasteiger partial charge in [0.2, 0.25) is 5.95 Å². The molecule has 1 aliphatic rings. The van der Waals surface area contributed by atoms with Crippen LogP contribution >= 0.6 is 7.14 Å². The topological polar surface area (TPSA) is 47.8 Å². The van der Waals surface area contributed by atoms with Crippen LogP contribution in [0.3, 0.4) is 0 Å². The smallest absolute Gasteiger partial charge is 0.235 e. The van der Waals surface area contributed by atoms with Crippen molar-refractivity contribution in [1.82, 2.24) is 14.5 Å². The van der Waals surface area contributed by atoms with E-state index in [1.165, 1.54) is 5.56 Å². The molecule has 0 saturated carbocycles. The number of hydrogen-bond donors (Lipinski definition) is 0. The summed E-state index contributed by atoms with van der Waals surface area (Å²) >= 11 is 0. The average Bonchev–Trinajstić information content (AvgIpc) is 3.73. The summed E-state index contributed by atoms with van der Waals surface area (Å²) in [6.07, 6.45) is 0. The van der Waals surface area contributed by atoms with Gasteiger partial charge in [0, 0.05) is 43.2 Å². The summed E-state index contributed by atoms with van der Waals surface area (Å²) in [5, 5.41) is 6.91. The molecule has 0 amide bonds. The van der Waals surface area contributed by atoms with Gasteiger partial charge in [0.25, 0.3) is 0 Å². The van der Waals surface area contributed by atoms with Gasteiger partial charge in [-0.1, -0.05) is 176 Å². The van der Waals surface area contributed by atoms with Gasteiger partial charge >= 0.3 is 0 Å². The zero-order valence-corrected chi connectivity index (χ0v) is 30.6. The van der Waals surface area contributed by atoms with Crippen LogP contribution < -0.4 is 15.9 Å². The lowest BCUT2D eigenvalue weighted by molar-refractivity contribution is 0.593. The zero-order chi connectivity index (χ0) is 36.5. The monoisotopic (exact) mass is 721 g/mol. The number of aromatic nitrogens is 3. The first kappa shape index (κ1) is 31.6. The van der Waals surface area contributed by atoms with Crippen LogP contribution in [0.4, 0.5) is 0 Å². The largest absolute Gasteiger partial charge is 0.309 e. The SMILES string of the molecule is O=P1(c2ccccc2)c2ccccc2-c2cc3c(cc21)c1ccc2ccccc2c1n3-c1nc(-c2ccccc2)cc(-c2ccc(-c3ccccc3)cc2)n1. The number of nitrogens with zero attached hydrogens (tertiary/aromatic N) is 3. The molecule has 2 aromatic heterocycles. The standard InChI is InChI=1S/C50H32N3OP/c54-55(38-19-8-3-9-20-38)47-23-13-12-22-40(47)43-30-46-42(31-48(43)55)41-29-28-35-16-10-11-21-39(35)49(41)53(46)50-51-44(36-17-6-2-7-18-36)32-45(52-50)37-26-24-34(25-27-37)33-14-4-1-5-15-33/h1-32H. The van der Waals surface area contributed by atoms with Gasteiger partial charge in [-0.15, -0.1) is 0 Å². The Balaban J connectivity index is 1.22. The average molecular weight is 722 g/mol. The molecule has 0 bridgehead atoms. The minimum atomic E-state index is -3.16. The van der Waals surface area contributed by atoms with Crippen molar-refractivity contribution in [1.29, 1.82) is 0 Å². The van der Waals surface area contributed by atoms with Gasteiger partial charge in [0.15, 0.2) is 7.14 Å². The molecule has 0 fully saturated rings. The summed E-state index contributed by atoms with van der Waals surface area (Å²) in [4.78, 5) is 10.7. The molecule has 0 N–H and O–H groups in total. The third-order valence-electron chi connectivity index (χ3n) is 11.0. The quantitative estimate of drug-likeness (QED) is 0.166. The number of fused-ring (bicyclic) bond motifs is 8. The molecule has 10 aromatic rings. The lowest BCUT2D eigenvalue weighted by Crippen LogP contribution is -2.20. The maximum Gasteiger partial charge on any atom is 0.235 e. The molecule has 1 unspecified atom stereocenters. The van der Waals surface area contributed by atoms with Crippen LogP contribution in [-0.2, 0) is 4.57 Å². The highest BCUT2D eigenvalue weighted by molar-refractivity contribution is 7.86. The van der Waals surface area contributed by atoms with Crippen molar-refractivity contribution in [3.05, 3.63) is 194 Å². The highest BCUT2D eigenvalue weighted by Crippen LogP contribution is 2.53. The fourth-order valence-corrected chi connectivity index (χ4v) is 11.5. The molecule has 0 spiro atoms. The molecule has 1 atom stereocenters. The van der Waals surface area contributed by atoms with Gasteiger partial charge in [0.1, 0.15) is 0 Å². The van der Waals surface area contributed by atoms with Crippen molar-refractivity contribution in [2.24, 2.45) is 0 Å². The van der Waals surface area contributed by atoms with E-state index in [9.17, 15) is 0 Å². The van der Waals surface area contributed by atoms with Gasteiger partial charge in [-0.05, 0) is 45.8 Å². The minimum absolute atomic E-state index is 0.581. The molecule has 55 heavy (non-hydrogen) atoms. The molecule has 4 nitrogen and oxygen atoms in total. The molecule has 11 rings (SSSR count). The molecule has 1 aliphatic heterocycles. The summed E-state index contributed by atoms with van der Waals surface area (Å²) in [5.74, 6) is 0.581. The highest BCUT2D eigenvalue weighted by atomic mass is 31.2. The fourth-order valence-electron chi connectivity index (χ4n) is 8.42. The van der Waals surface area contributed by atoms with Crippen molar-refractivity contribution in [2.45, 2.75) is 0 Å². The predicted octanol–water partition coefficient (Wildman–Crippen LogP) is 11.3. The van der Waals surface area contributed by atoms with Crippen molar-refractivity contribution in [3.63, 3.8) is 0 Å². The molecule has 3 heterocycles. The molecule has 0 aliphatic carbocycles. The Morgan fingerprint density at radius 1 is 0.418 bits per heavy atom. The first-order chi connectivity index (χ1) is 27.1. The second-order valence-corrected chi connectivity index (χ2v) is 16.8. The fraction of sp³-hybridized carbons (Fsp3) is 0. The van der Waals surface area contributed by atoms with Crippen LogP contribution in [0, 0.1) is 0 Å². The van der Waals surface area contributed by atoms with E-state index in [0.717, 1.165) is 87.7 Å². The van der Waals surface area contributed by atoms with Crippen molar-refractivity contribution in [2.75, 3.05) is 0 Å². The summed E-state index contributed by atoms with van der Waals surface area (Å²) < 4.78 is 17.8. The van der Waals surface area contributed by atoms with Crippen LogP contribution in [0.2, 0.25) is 0 Å². The predicted molar refractivity (Wildman–Crippen MR) is 229 cm³/mol. The molecule has 0 radical (unpaired) electrons. The van der Waals surface area contributed by atoms with E-state index in [0.29, 0.717) is 5.95 Å². The Bertz CT molecular complexity index is 3160. The van der Waals surface area contributed by atoms with Crippen LogP contribution in [0.5, 0.6) is 0 Å². The molecular formula is C50H32N3OP. The first-order valence-corrected chi connectivity index (χ1v) is 20.2. The maximum atomic E-state index is 15.6. The highest BCUT2D eigenvalue weighted by Gasteiger charge is 2.41.